The highest BCUT2D eigenvalue weighted by atomic mass is 79.9. The third-order valence-corrected chi connectivity index (χ3v) is 7.57. The molecule has 0 saturated carbocycles. The minimum Gasteiger partial charge on any atom is -0.394 e. The van der Waals surface area contributed by atoms with Crippen molar-refractivity contribution in [2.75, 3.05) is 13.2 Å². The first-order valence-electron chi connectivity index (χ1n) is 12.0. The van der Waals surface area contributed by atoms with E-state index in [1.165, 1.54) is 24.3 Å². The van der Waals surface area contributed by atoms with E-state index >= 15 is 8.78 Å². The quantitative estimate of drug-likeness (QED) is 0.357. The molecule has 2 aromatic rings. The van der Waals surface area contributed by atoms with Crippen molar-refractivity contribution in [2.45, 2.75) is 63.1 Å². The van der Waals surface area contributed by atoms with Gasteiger partial charge in [-0.25, -0.2) is 8.78 Å². The molecule has 0 spiro atoms. The molecule has 1 amide bonds. The Morgan fingerprint density at radius 3 is 2.62 bits per heavy atom. The van der Waals surface area contributed by atoms with Crippen LogP contribution in [0.2, 0.25) is 5.02 Å². The van der Waals surface area contributed by atoms with Crippen LogP contribution in [0, 0.1) is 28.4 Å². The van der Waals surface area contributed by atoms with Crippen molar-refractivity contribution >= 4 is 33.4 Å². The topological polar surface area (TPSA) is 105 Å². The number of nitriles is 1. The number of carbonyl (C=O) groups excluding carboxylic acids is 1. The number of benzene rings is 2. The highest BCUT2D eigenvalue weighted by Crippen LogP contribution is 2.52. The Morgan fingerprint density at radius 1 is 1.32 bits per heavy atom. The van der Waals surface area contributed by atoms with Gasteiger partial charge in [-0.2, -0.15) is 5.26 Å². The number of carbonyl (C=O) groups is 1. The molecule has 1 heterocycles. The van der Waals surface area contributed by atoms with Gasteiger partial charge in [0.2, 0.25) is 5.91 Å². The van der Waals surface area contributed by atoms with Crippen molar-refractivity contribution < 1.29 is 23.8 Å². The summed E-state index contributed by atoms with van der Waals surface area (Å²) in [5.74, 6) is -3.00. The number of hydrogen-bond donors (Lipinski definition) is 4. The van der Waals surface area contributed by atoms with Crippen LogP contribution in [0.15, 0.2) is 40.9 Å². The Hall–Kier alpha value is -2.09. The molecule has 1 fully saturated rings. The number of hydrogen-bond acceptors (Lipinski definition) is 5. The minimum absolute atomic E-state index is 0.0246. The maximum Gasteiger partial charge on any atom is 0.237 e. The summed E-state index contributed by atoms with van der Waals surface area (Å²) in [6.07, 6.45) is -0.530. The predicted octanol–water partition coefficient (Wildman–Crippen LogP) is 4.56. The highest BCUT2D eigenvalue weighted by Gasteiger charge is 2.61. The molecule has 5 atom stereocenters. The van der Waals surface area contributed by atoms with Gasteiger partial charge in [0.25, 0.3) is 0 Å². The average molecular weight is 599 g/mol. The minimum atomic E-state index is -1.67. The molecule has 37 heavy (non-hydrogen) atoms. The molecule has 1 aliphatic heterocycles. The van der Waals surface area contributed by atoms with Gasteiger partial charge in [0.05, 0.1) is 29.3 Å². The molecule has 0 aliphatic carbocycles. The van der Waals surface area contributed by atoms with Crippen LogP contribution in [0.3, 0.4) is 0 Å². The fourth-order valence-corrected chi connectivity index (χ4v) is 5.66. The third kappa shape index (κ3) is 6.15. The normalized spacial score (nSPS) is 24.5. The smallest absolute Gasteiger partial charge is 0.237 e. The lowest BCUT2D eigenvalue weighted by Crippen LogP contribution is -2.46. The van der Waals surface area contributed by atoms with Gasteiger partial charge in [0.15, 0.2) is 0 Å². The number of rotatable bonds is 8. The average Bonchev–Trinajstić information content (AvgIpc) is 3.13. The lowest BCUT2D eigenvalue weighted by molar-refractivity contribution is -0.123. The zero-order valence-corrected chi connectivity index (χ0v) is 23.2. The zero-order valence-electron chi connectivity index (χ0n) is 20.9. The van der Waals surface area contributed by atoms with Crippen molar-refractivity contribution in [1.82, 2.24) is 10.6 Å². The first-order valence-corrected chi connectivity index (χ1v) is 13.2. The second-order valence-electron chi connectivity index (χ2n) is 10.6. The Labute approximate surface area is 229 Å². The van der Waals surface area contributed by atoms with Crippen LogP contribution in [-0.4, -0.2) is 47.5 Å². The van der Waals surface area contributed by atoms with Crippen LogP contribution >= 0.6 is 27.5 Å². The molecule has 0 radical (unpaired) electrons. The molecule has 1 aliphatic rings. The summed E-state index contributed by atoms with van der Waals surface area (Å²) in [7, 11) is 0. The van der Waals surface area contributed by atoms with E-state index in [9.17, 15) is 15.2 Å². The van der Waals surface area contributed by atoms with E-state index < -0.39 is 53.7 Å². The second kappa shape index (κ2) is 11.7. The van der Waals surface area contributed by atoms with Crippen molar-refractivity contribution in [2.24, 2.45) is 5.41 Å². The first kappa shape index (κ1) is 29.5. The van der Waals surface area contributed by atoms with Gasteiger partial charge in [-0.3, -0.25) is 4.79 Å². The number of aliphatic hydroxyl groups is 2. The first-order chi connectivity index (χ1) is 17.4. The van der Waals surface area contributed by atoms with Gasteiger partial charge in [-0.1, -0.05) is 50.6 Å². The van der Waals surface area contributed by atoms with E-state index in [2.05, 4.69) is 32.6 Å². The summed E-state index contributed by atoms with van der Waals surface area (Å²) < 4.78 is 31.3. The third-order valence-electron chi connectivity index (χ3n) is 6.72. The van der Waals surface area contributed by atoms with E-state index in [0.717, 1.165) is 6.07 Å². The SMILES string of the molecule is CC(C)(C)CC1NC(C(=O)NCC[C@H](O)CO)C(c2cccc(Br)c2F)C1(C#N)c1ccc(Cl)cc1F. The molecular weight excluding hydrogens is 568 g/mol. The van der Waals surface area contributed by atoms with Gasteiger partial charge in [0, 0.05) is 29.1 Å². The molecule has 4 N–H and O–H groups in total. The van der Waals surface area contributed by atoms with Gasteiger partial charge in [-0.05, 0) is 57.9 Å². The van der Waals surface area contributed by atoms with E-state index in [0.29, 0.717) is 6.42 Å². The maximum absolute atomic E-state index is 15.6. The van der Waals surface area contributed by atoms with E-state index in [4.69, 9.17) is 16.7 Å². The largest absolute Gasteiger partial charge is 0.394 e. The van der Waals surface area contributed by atoms with Crippen LogP contribution in [-0.2, 0) is 10.2 Å². The molecular formula is C27H31BrClF2N3O3. The predicted molar refractivity (Wildman–Crippen MR) is 141 cm³/mol. The van der Waals surface area contributed by atoms with Crippen LogP contribution < -0.4 is 10.6 Å². The number of aliphatic hydroxyl groups excluding tert-OH is 2. The summed E-state index contributed by atoms with van der Waals surface area (Å²) in [4.78, 5) is 13.5. The molecule has 3 rings (SSSR count). The van der Waals surface area contributed by atoms with Crippen LogP contribution in [0.1, 0.15) is 50.7 Å². The maximum atomic E-state index is 15.6. The van der Waals surface area contributed by atoms with Crippen molar-refractivity contribution in [3.05, 3.63) is 68.7 Å². The number of amides is 1. The van der Waals surface area contributed by atoms with E-state index in [1.54, 1.807) is 6.07 Å². The monoisotopic (exact) mass is 597 g/mol. The van der Waals surface area contributed by atoms with Crippen molar-refractivity contribution in [1.29, 1.82) is 5.26 Å². The Balaban J connectivity index is 2.24. The molecule has 2 aromatic carbocycles. The fraction of sp³-hybridized carbons (Fsp3) is 0.481. The Bertz CT molecular complexity index is 1190. The Morgan fingerprint density at radius 2 is 2.03 bits per heavy atom. The van der Waals surface area contributed by atoms with Gasteiger partial charge < -0.3 is 20.8 Å². The molecule has 6 nitrogen and oxygen atoms in total. The van der Waals surface area contributed by atoms with Crippen LogP contribution in [0.25, 0.3) is 0 Å². The summed E-state index contributed by atoms with van der Waals surface area (Å²) in [6, 6.07) is 9.12. The number of nitrogens with one attached hydrogen (secondary N) is 2. The molecule has 0 aromatic heterocycles. The van der Waals surface area contributed by atoms with Crippen molar-refractivity contribution in [3.8, 4) is 6.07 Å². The molecule has 200 valence electrons. The Kier molecular flexibility index (Phi) is 9.36. The lowest BCUT2D eigenvalue weighted by Gasteiger charge is -2.37. The number of halogens is 4. The van der Waals surface area contributed by atoms with Gasteiger partial charge in [-0.15, -0.1) is 0 Å². The second-order valence-corrected chi connectivity index (χ2v) is 11.9. The van der Waals surface area contributed by atoms with Gasteiger partial charge >= 0.3 is 0 Å². The summed E-state index contributed by atoms with van der Waals surface area (Å²) in [5, 5.41) is 35.6. The van der Waals surface area contributed by atoms with E-state index in [1.807, 2.05) is 20.8 Å². The summed E-state index contributed by atoms with van der Waals surface area (Å²) >= 11 is 9.22. The molecule has 10 heteroatoms. The molecule has 0 bridgehead atoms. The zero-order chi connectivity index (χ0) is 27.5. The fourth-order valence-electron chi connectivity index (χ4n) is 5.12. The summed E-state index contributed by atoms with van der Waals surface area (Å²) in [6.45, 7) is 5.49. The lowest BCUT2D eigenvalue weighted by atomic mass is 9.62. The van der Waals surface area contributed by atoms with Crippen LogP contribution in [0.4, 0.5) is 8.78 Å². The molecule has 4 unspecified atom stereocenters. The van der Waals surface area contributed by atoms with Gasteiger partial charge in [0.1, 0.15) is 17.0 Å². The van der Waals surface area contributed by atoms with E-state index in [-0.39, 0.29) is 39.0 Å². The summed E-state index contributed by atoms with van der Waals surface area (Å²) in [5.41, 5.74) is -1.89. The molecule has 1 saturated heterocycles. The highest BCUT2D eigenvalue weighted by molar-refractivity contribution is 9.10. The van der Waals surface area contributed by atoms with Crippen molar-refractivity contribution in [3.63, 3.8) is 0 Å². The van der Waals surface area contributed by atoms with Crippen LogP contribution in [0.5, 0.6) is 0 Å². The standard InChI is InChI=1S/C27H31BrClF2N3O3/c1-26(2,3)12-21-27(14-32,18-8-7-15(29)11-20(18)30)22(17-5-4-6-19(28)23(17)31)24(34-21)25(37)33-10-9-16(36)13-35/h4-8,11,16,21-22,24,34-36H,9-10,12-13H2,1-3H3,(H,33,37)/t16-,21?,22?,24?,27?/m0/s1. The number of nitrogens with zero attached hydrogens (tertiary/aromatic N) is 1.